The highest BCUT2D eigenvalue weighted by atomic mass is 32.2. The van der Waals surface area contributed by atoms with Gasteiger partial charge in [0.25, 0.3) is 10.0 Å². The van der Waals surface area contributed by atoms with E-state index in [1.165, 1.54) is 10.4 Å². The van der Waals surface area contributed by atoms with Gasteiger partial charge in [-0.15, -0.1) is 0 Å². The summed E-state index contributed by atoms with van der Waals surface area (Å²) in [6.45, 7) is 7.87. The molecule has 1 heterocycles. The molecule has 8 heteroatoms. The second-order valence-corrected chi connectivity index (χ2v) is 9.94. The van der Waals surface area contributed by atoms with Crippen LogP contribution in [0.1, 0.15) is 64.7 Å². The molecule has 1 aliphatic heterocycles. The number of hydrogen-bond donors (Lipinski definition) is 2. The van der Waals surface area contributed by atoms with Gasteiger partial charge in [-0.05, 0) is 43.5 Å². The van der Waals surface area contributed by atoms with Gasteiger partial charge in [-0.1, -0.05) is 39.7 Å². The minimum absolute atomic E-state index is 0.0450. The van der Waals surface area contributed by atoms with E-state index in [9.17, 15) is 18.6 Å². The van der Waals surface area contributed by atoms with Gasteiger partial charge in [0.2, 0.25) is 0 Å². The molecule has 2 bridgehead atoms. The van der Waals surface area contributed by atoms with Crippen molar-refractivity contribution in [1.82, 2.24) is 0 Å². The molecule has 0 amide bonds. The molecule has 7 nitrogen and oxygen atoms in total. The lowest BCUT2D eigenvalue weighted by Crippen LogP contribution is -2.33. The van der Waals surface area contributed by atoms with E-state index >= 15 is 0 Å². The zero-order valence-electron chi connectivity index (χ0n) is 19.1. The highest BCUT2D eigenvalue weighted by molar-refractivity contribution is 7.93. The van der Waals surface area contributed by atoms with Gasteiger partial charge in [-0.25, -0.2) is 8.42 Å². The van der Waals surface area contributed by atoms with Crippen LogP contribution in [0.5, 0.6) is 11.5 Å². The average molecular weight is 463 g/mol. The standard InChI is InChI=1S/C24H34N2O5S/c1-4-7-13-25(14-8-5-2)21-15-18(24(27)28)16-22-23(21)31-20-11-9-10-19(17-20)26(12-6-3)32(22,29)30/h9-11,15-17,24,27-28H,4-8,12-14H2,1-3H3. The molecule has 0 aliphatic carbocycles. The number of sulfonamides is 1. The number of fused-ring (bicyclic) bond motifs is 3. The van der Waals surface area contributed by atoms with Crippen LogP contribution in [0.15, 0.2) is 41.3 Å². The van der Waals surface area contributed by atoms with Gasteiger partial charge in [0, 0.05) is 31.3 Å². The number of rotatable bonds is 10. The Morgan fingerprint density at radius 3 is 2.28 bits per heavy atom. The van der Waals surface area contributed by atoms with Crippen LogP contribution in [-0.2, 0) is 10.0 Å². The zero-order valence-corrected chi connectivity index (χ0v) is 19.9. The summed E-state index contributed by atoms with van der Waals surface area (Å²) >= 11 is 0. The average Bonchev–Trinajstić information content (AvgIpc) is 2.77. The van der Waals surface area contributed by atoms with Crippen molar-refractivity contribution in [2.45, 2.75) is 64.1 Å². The first-order valence-electron chi connectivity index (χ1n) is 11.4. The van der Waals surface area contributed by atoms with Crippen molar-refractivity contribution in [1.29, 1.82) is 0 Å². The molecule has 0 saturated heterocycles. The third kappa shape index (κ3) is 5.03. The molecular weight excluding hydrogens is 428 g/mol. The summed E-state index contributed by atoms with van der Waals surface area (Å²) in [5.41, 5.74) is 1.23. The summed E-state index contributed by atoms with van der Waals surface area (Å²) in [5, 5.41) is 19.9. The smallest absolute Gasteiger partial charge is 0.268 e. The van der Waals surface area contributed by atoms with Crippen LogP contribution < -0.4 is 13.9 Å². The van der Waals surface area contributed by atoms with E-state index in [1.807, 2.05) is 6.92 Å². The first-order valence-corrected chi connectivity index (χ1v) is 12.9. The van der Waals surface area contributed by atoms with Crippen LogP contribution in [0.3, 0.4) is 0 Å². The first kappa shape index (κ1) is 24.4. The van der Waals surface area contributed by atoms with Gasteiger partial charge < -0.3 is 19.8 Å². The fraction of sp³-hybridized carbons (Fsp3) is 0.500. The van der Waals surface area contributed by atoms with E-state index < -0.39 is 16.3 Å². The number of nitrogens with zero attached hydrogens (tertiary/aromatic N) is 2. The molecule has 0 spiro atoms. The first-order chi connectivity index (χ1) is 15.3. The van der Waals surface area contributed by atoms with Crippen LogP contribution in [-0.4, -0.2) is 38.3 Å². The van der Waals surface area contributed by atoms with Crippen molar-refractivity contribution in [3.05, 3.63) is 42.0 Å². The molecule has 0 atom stereocenters. The molecule has 2 aromatic carbocycles. The van der Waals surface area contributed by atoms with E-state index in [0.717, 1.165) is 38.8 Å². The minimum atomic E-state index is -4.00. The third-order valence-electron chi connectivity index (χ3n) is 5.58. The van der Waals surface area contributed by atoms with Crippen molar-refractivity contribution in [3.8, 4) is 11.5 Å². The maximum absolute atomic E-state index is 13.8. The summed E-state index contributed by atoms with van der Waals surface area (Å²) in [6.07, 6.45) is 2.66. The predicted octanol–water partition coefficient (Wildman–Crippen LogP) is 4.79. The van der Waals surface area contributed by atoms with E-state index in [-0.39, 0.29) is 16.2 Å². The molecule has 2 aromatic rings. The SMILES string of the molecule is CCCCN(CCCC)c1cc(C(O)O)cc2c1Oc1cccc(c1)N(CCC)S2(=O)=O. The number of unbranched alkanes of at least 4 members (excludes halogenated alkanes) is 2. The Morgan fingerprint density at radius 1 is 1.00 bits per heavy atom. The number of aliphatic hydroxyl groups excluding tert-OH is 1. The largest absolute Gasteiger partial charge is 0.454 e. The Bertz CT molecular complexity index is 1020. The van der Waals surface area contributed by atoms with Gasteiger partial charge in [0.15, 0.2) is 12.0 Å². The second kappa shape index (κ2) is 10.6. The third-order valence-corrected chi connectivity index (χ3v) is 7.41. The molecule has 32 heavy (non-hydrogen) atoms. The van der Waals surface area contributed by atoms with Crippen LogP contribution in [0, 0.1) is 0 Å². The van der Waals surface area contributed by atoms with Crippen LogP contribution in [0.2, 0.25) is 0 Å². The van der Waals surface area contributed by atoms with Crippen LogP contribution in [0.25, 0.3) is 0 Å². The van der Waals surface area contributed by atoms with E-state index in [2.05, 4.69) is 18.7 Å². The summed E-state index contributed by atoms with van der Waals surface area (Å²) in [6, 6.07) is 10.0. The van der Waals surface area contributed by atoms with Crippen molar-refractivity contribution in [2.24, 2.45) is 0 Å². The molecule has 0 unspecified atom stereocenters. The molecule has 3 rings (SSSR count). The molecule has 0 fully saturated rings. The predicted molar refractivity (Wildman–Crippen MR) is 127 cm³/mol. The van der Waals surface area contributed by atoms with Gasteiger partial charge in [0.1, 0.15) is 10.6 Å². The summed E-state index contributed by atoms with van der Waals surface area (Å²) in [5.74, 6) is 0.781. The lowest BCUT2D eigenvalue weighted by molar-refractivity contribution is -0.0426. The van der Waals surface area contributed by atoms with Crippen molar-refractivity contribution >= 4 is 21.4 Å². The molecule has 1 aliphatic rings. The maximum atomic E-state index is 13.8. The Kier molecular flexibility index (Phi) is 8.03. The molecule has 2 N–H and O–H groups in total. The van der Waals surface area contributed by atoms with Gasteiger partial charge >= 0.3 is 0 Å². The van der Waals surface area contributed by atoms with Crippen molar-refractivity contribution in [2.75, 3.05) is 28.8 Å². The Hall–Kier alpha value is -2.29. The molecule has 0 saturated carbocycles. The van der Waals surface area contributed by atoms with Crippen LogP contribution in [0.4, 0.5) is 11.4 Å². The lowest BCUT2D eigenvalue weighted by atomic mass is 10.1. The molecule has 0 radical (unpaired) electrons. The Balaban J connectivity index is 2.29. The topological polar surface area (TPSA) is 90.3 Å². The summed E-state index contributed by atoms with van der Waals surface area (Å²) in [4.78, 5) is 2.06. The highest BCUT2D eigenvalue weighted by Crippen LogP contribution is 2.45. The van der Waals surface area contributed by atoms with E-state index in [0.29, 0.717) is 30.1 Å². The van der Waals surface area contributed by atoms with Gasteiger partial charge in [-0.3, -0.25) is 4.31 Å². The number of anilines is 2. The fourth-order valence-electron chi connectivity index (χ4n) is 3.87. The lowest BCUT2D eigenvalue weighted by Gasteiger charge is -2.32. The Morgan fingerprint density at radius 2 is 1.69 bits per heavy atom. The molecule has 176 valence electrons. The second-order valence-electron chi connectivity index (χ2n) is 8.11. The summed E-state index contributed by atoms with van der Waals surface area (Å²) < 4.78 is 35.2. The maximum Gasteiger partial charge on any atom is 0.268 e. The Labute approximate surface area is 191 Å². The summed E-state index contributed by atoms with van der Waals surface area (Å²) in [7, 11) is -4.00. The van der Waals surface area contributed by atoms with Crippen LogP contribution >= 0.6 is 0 Å². The van der Waals surface area contributed by atoms with E-state index in [1.54, 1.807) is 30.3 Å². The normalized spacial score (nSPS) is 14.5. The van der Waals surface area contributed by atoms with Gasteiger partial charge in [-0.2, -0.15) is 0 Å². The fourth-order valence-corrected chi connectivity index (χ4v) is 5.58. The number of hydrogen-bond acceptors (Lipinski definition) is 6. The highest BCUT2D eigenvalue weighted by Gasteiger charge is 2.34. The van der Waals surface area contributed by atoms with Gasteiger partial charge in [0.05, 0.1) is 11.4 Å². The van der Waals surface area contributed by atoms with Crippen molar-refractivity contribution < 1.29 is 23.4 Å². The monoisotopic (exact) mass is 462 g/mol. The zero-order chi connectivity index (χ0) is 23.3. The van der Waals surface area contributed by atoms with Crippen molar-refractivity contribution in [3.63, 3.8) is 0 Å². The quantitative estimate of drug-likeness (QED) is 0.494. The van der Waals surface area contributed by atoms with E-state index in [4.69, 9.17) is 4.74 Å². The number of aliphatic hydroxyl groups is 2. The number of benzene rings is 2. The minimum Gasteiger partial charge on any atom is -0.454 e. The molecular formula is C24H34N2O5S. The number of ether oxygens (including phenoxy) is 1. The molecule has 0 aromatic heterocycles.